The topological polar surface area (TPSA) is 85.3 Å². The number of carbonyl (C=O) groups is 2. The van der Waals surface area contributed by atoms with Gasteiger partial charge in [-0.05, 0) is 63.4 Å². The maximum absolute atomic E-state index is 12.9. The predicted molar refractivity (Wildman–Crippen MR) is 140 cm³/mol. The van der Waals surface area contributed by atoms with Crippen molar-refractivity contribution in [3.63, 3.8) is 0 Å². The Balaban J connectivity index is 1.30. The second kappa shape index (κ2) is 10.8. The molecule has 5 rings (SSSR count). The Morgan fingerprint density at radius 1 is 1.16 bits per heavy atom. The van der Waals surface area contributed by atoms with Crippen molar-refractivity contribution >= 4 is 11.9 Å². The van der Waals surface area contributed by atoms with Crippen molar-refractivity contribution < 1.29 is 28.9 Å². The van der Waals surface area contributed by atoms with Crippen LogP contribution in [-0.2, 0) is 14.3 Å². The molecule has 3 heterocycles. The van der Waals surface area contributed by atoms with E-state index >= 15 is 0 Å². The van der Waals surface area contributed by atoms with Gasteiger partial charge in [0.1, 0.15) is 5.60 Å². The second-order valence-corrected chi connectivity index (χ2v) is 12.0. The van der Waals surface area contributed by atoms with Crippen LogP contribution < -0.4 is 9.47 Å². The maximum Gasteiger partial charge on any atom is 0.303 e. The highest BCUT2D eigenvalue weighted by Gasteiger charge is 2.55. The van der Waals surface area contributed by atoms with Gasteiger partial charge in [-0.15, -0.1) is 0 Å². The average Bonchev–Trinajstić information content (AvgIpc) is 3.41. The Hall–Kier alpha value is -2.28. The van der Waals surface area contributed by atoms with Crippen LogP contribution in [0.2, 0.25) is 0 Å². The highest BCUT2D eigenvalue weighted by atomic mass is 16.5. The molecular formula is C30H43NO6. The quantitative estimate of drug-likeness (QED) is 0.476. The van der Waals surface area contributed by atoms with Crippen LogP contribution in [0.15, 0.2) is 18.2 Å². The van der Waals surface area contributed by atoms with Gasteiger partial charge in [0.05, 0.1) is 19.3 Å². The van der Waals surface area contributed by atoms with E-state index in [0.29, 0.717) is 43.5 Å². The largest absolute Gasteiger partial charge is 0.490 e. The lowest BCUT2D eigenvalue weighted by Crippen LogP contribution is -2.56. The zero-order chi connectivity index (χ0) is 26.0. The van der Waals surface area contributed by atoms with Gasteiger partial charge in [0.15, 0.2) is 11.5 Å². The first kappa shape index (κ1) is 26.3. The normalized spacial score (nSPS) is 28.9. The molecule has 2 saturated heterocycles. The minimum Gasteiger partial charge on any atom is -0.490 e. The van der Waals surface area contributed by atoms with E-state index in [1.165, 1.54) is 25.7 Å². The molecule has 0 aromatic heterocycles. The van der Waals surface area contributed by atoms with Crippen molar-refractivity contribution in [1.82, 2.24) is 4.90 Å². The molecule has 1 N–H and O–H groups in total. The molecule has 1 spiro atoms. The first-order chi connectivity index (χ1) is 17.8. The first-order valence-corrected chi connectivity index (χ1v) is 14.4. The minimum atomic E-state index is -0.818. The van der Waals surface area contributed by atoms with Crippen LogP contribution in [0.3, 0.4) is 0 Å². The van der Waals surface area contributed by atoms with E-state index in [-0.39, 0.29) is 23.9 Å². The minimum absolute atomic E-state index is 0.00766. The lowest BCUT2D eigenvalue weighted by Gasteiger charge is -2.55. The van der Waals surface area contributed by atoms with Gasteiger partial charge in [0.25, 0.3) is 0 Å². The highest BCUT2D eigenvalue weighted by Crippen LogP contribution is 2.58. The molecule has 0 radical (unpaired) electrons. The Labute approximate surface area is 220 Å². The van der Waals surface area contributed by atoms with Crippen molar-refractivity contribution in [2.24, 2.45) is 17.3 Å². The van der Waals surface area contributed by atoms with E-state index in [4.69, 9.17) is 14.2 Å². The number of likely N-dealkylation sites (tertiary alicyclic amines) is 1. The summed E-state index contributed by atoms with van der Waals surface area (Å²) in [7, 11) is 0. The van der Waals surface area contributed by atoms with Gasteiger partial charge < -0.3 is 24.2 Å². The van der Waals surface area contributed by atoms with Crippen LogP contribution in [0.1, 0.15) is 96.1 Å². The maximum atomic E-state index is 12.9. The van der Waals surface area contributed by atoms with Gasteiger partial charge in [-0.3, -0.25) is 9.59 Å². The van der Waals surface area contributed by atoms with Crippen molar-refractivity contribution in [2.45, 2.75) is 96.2 Å². The smallest absolute Gasteiger partial charge is 0.303 e. The van der Waals surface area contributed by atoms with E-state index in [1.54, 1.807) is 0 Å². The number of rotatable bonds is 8. The van der Waals surface area contributed by atoms with Crippen LogP contribution in [0.5, 0.6) is 11.5 Å². The molecule has 7 nitrogen and oxygen atoms in total. The highest BCUT2D eigenvalue weighted by molar-refractivity contribution is 5.76. The summed E-state index contributed by atoms with van der Waals surface area (Å²) in [5.74, 6) is 1.65. The average molecular weight is 514 g/mol. The molecule has 1 aromatic rings. The fraction of sp³-hybridized carbons (Fsp3) is 0.733. The summed E-state index contributed by atoms with van der Waals surface area (Å²) in [6, 6.07) is 5.94. The lowest BCUT2D eigenvalue weighted by atomic mass is 9.63. The monoisotopic (exact) mass is 513 g/mol. The summed E-state index contributed by atoms with van der Waals surface area (Å²) in [5.41, 5.74) is 0.315. The fourth-order valence-corrected chi connectivity index (χ4v) is 7.26. The Kier molecular flexibility index (Phi) is 7.71. The van der Waals surface area contributed by atoms with Gasteiger partial charge in [-0.1, -0.05) is 37.8 Å². The van der Waals surface area contributed by atoms with Crippen LogP contribution in [0, 0.1) is 17.3 Å². The molecular weight excluding hydrogens is 470 g/mol. The summed E-state index contributed by atoms with van der Waals surface area (Å²) in [4.78, 5) is 26.5. The van der Waals surface area contributed by atoms with Crippen LogP contribution >= 0.6 is 0 Å². The summed E-state index contributed by atoms with van der Waals surface area (Å²) in [5, 5.41) is 9.48. The van der Waals surface area contributed by atoms with Crippen LogP contribution in [-0.4, -0.2) is 53.8 Å². The van der Waals surface area contributed by atoms with Crippen molar-refractivity contribution in [2.75, 3.05) is 26.3 Å². The Morgan fingerprint density at radius 2 is 1.92 bits per heavy atom. The van der Waals surface area contributed by atoms with Crippen LogP contribution in [0.4, 0.5) is 0 Å². The molecule has 0 unspecified atom stereocenters. The number of ether oxygens (including phenoxy) is 3. The van der Waals surface area contributed by atoms with E-state index in [0.717, 1.165) is 50.3 Å². The molecule has 1 aromatic carbocycles. The lowest BCUT2D eigenvalue weighted by molar-refractivity contribution is -0.183. The molecule has 1 amide bonds. The number of amides is 1. The van der Waals surface area contributed by atoms with Crippen molar-refractivity contribution in [3.8, 4) is 11.5 Å². The molecule has 0 bridgehead atoms. The number of nitrogens with zero attached hydrogens (tertiary/aromatic N) is 1. The third-order valence-corrected chi connectivity index (χ3v) is 9.58. The number of aliphatic carboxylic acids is 1. The van der Waals surface area contributed by atoms with Gasteiger partial charge in [0.2, 0.25) is 5.91 Å². The zero-order valence-electron chi connectivity index (χ0n) is 22.5. The number of fused-ring (bicyclic) bond motifs is 3. The standard InChI is InChI=1S/C30H43NO6/c1-3-35-24-10-6-9-22-27-23(29(2,37-28(22)24)14-13-26(33)34)19-30(20-36-27)15-17-31(18-16-30)25(32)12-11-21-7-4-5-8-21/h6,9-10,21,23,27H,3-5,7-8,11-20H2,1-2H3,(H,33,34)/t23-,27+,29+/m0/s1. The molecule has 3 atom stereocenters. The van der Waals surface area contributed by atoms with Crippen molar-refractivity contribution in [3.05, 3.63) is 23.8 Å². The molecule has 7 heteroatoms. The molecule has 204 valence electrons. The van der Waals surface area contributed by atoms with E-state index < -0.39 is 11.6 Å². The molecule has 37 heavy (non-hydrogen) atoms. The fourth-order valence-electron chi connectivity index (χ4n) is 7.26. The number of carbonyl (C=O) groups excluding carboxylic acids is 1. The summed E-state index contributed by atoms with van der Waals surface area (Å²) < 4.78 is 19.2. The number of hydrogen-bond donors (Lipinski definition) is 1. The molecule has 1 aliphatic carbocycles. The SMILES string of the molecule is CCOc1cccc2c1O[C@](C)(CCC(=O)O)[C@H]1CC3(CCN(C(=O)CCC4CCCC4)CC3)CO[C@H]21. The number of hydrogen-bond acceptors (Lipinski definition) is 5. The molecule has 3 aliphatic heterocycles. The predicted octanol–water partition coefficient (Wildman–Crippen LogP) is 5.76. The Morgan fingerprint density at radius 3 is 2.62 bits per heavy atom. The first-order valence-electron chi connectivity index (χ1n) is 14.4. The second-order valence-electron chi connectivity index (χ2n) is 12.0. The summed E-state index contributed by atoms with van der Waals surface area (Å²) in [6.07, 6.45) is 9.99. The van der Waals surface area contributed by atoms with E-state index in [1.807, 2.05) is 26.0 Å². The summed E-state index contributed by atoms with van der Waals surface area (Å²) >= 11 is 0. The number of para-hydroxylation sites is 1. The molecule has 1 saturated carbocycles. The number of piperidine rings is 1. The van der Waals surface area contributed by atoms with Crippen molar-refractivity contribution in [1.29, 1.82) is 0 Å². The van der Waals surface area contributed by atoms with Gasteiger partial charge in [0, 0.05) is 37.4 Å². The third-order valence-electron chi connectivity index (χ3n) is 9.58. The number of carboxylic acids is 1. The Bertz CT molecular complexity index is 980. The summed E-state index contributed by atoms with van der Waals surface area (Å²) in [6.45, 7) is 6.74. The van der Waals surface area contributed by atoms with E-state index in [2.05, 4.69) is 11.0 Å². The molecule has 4 aliphatic rings. The molecule has 3 fully saturated rings. The van der Waals surface area contributed by atoms with Gasteiger partial charge in [-0.2, -0.15) is 0 Å². The zero-order valence-corrected chi connectivity index (χ0v) is 22.5. The number of carboxylic acid groups (broad SMARTS) is 1. The third kappa shape index (κ3) is 5.47. The van der Waals surface area contributed by atoms with E-state index in [9.17, 15) is 14.7 Å². The van der Waals surface area contributed by atoms with Crippen LogP contribution in [0.25, 0.3) is 0 Å². The van der Waals surface area contributed by atoms with Gasteiger partial charge >= 0.3 is 5.97 Å². The number of benzene rings is 1. The van der Waals surface area contributed by atoms with Gasteiger partial charge in [-0.25, -0.2) is 0 Å².